The minimum absolute atomic E-state index is 0.155. The summed E-state index contributed by atoms with van der Waals surface area (Å²) in [6.07, 6.45) is 2.39. The van der Waals surface area contributed by atoms with Crippen molar-refractivity contribution in [2.45, 2.75) is 0 Å². The van der Waals surface area contributed by atoms with Gasteiger partial charge in [-0.15, -0.1) is 0 Å². The number of methoxy groups -OCH3 is 1. The van der Waals surface area contributed by atoms with Crippen molar-refractivity contribution in [2.24, 2.45) is 0 Å². The Morgan fingerprint density at radius 2 is 2.00 bits per heavy atom. The lowest BCUT2D eigenvalue weighted by Gasteiger charge is -2.32. The van der Waals surface area contributed by atoms with Gasteiger partial charge in [0.2, 0.25) is 6.41 Å². The molecule has 26 heavy (non-hydrogen) atoms. The van der Waals surface area contributed by atoms with E-state index in [2.05, 4.69) is 10.3 Å². The van der Waals surface area contributed by atoms with Crippen LogP contribution >= 0.6 is 11.6 Å². The average molecular weight is 375 g/mol. The fraction of sp³-hybridized carbons (Fsp3) is 0.278. The molecular formula is C18H19ClN4O3. The molecule has 0 saturated carbocycles. The second-order valence-electron chi connectivity index (χ2n) is 5.83. The van der Waals surface area contributed by atoms with Gasteiger partial charge in [0.1, 0.15) is 11.4 Å². The van der Waals surface area contributed by atoms with E-state index >= 15 is 0 Å². The minimum atomic E-state index is -0.155. The largest absolute Gasteiger partial charge is 0.495 e. The fourth-order valence-corrected chi connectivity index (χ4v) is 2.92. The topological polar surface area (TPSA) is 74.8 Å². The van der Waals surface area contributed by atoms with Crippen LogP contribution in [0.1, 0.15) is 10.5 Å². The summed E-state index contributed by atoms with van der Waals surface area (Å²) < 4.78 is 5.32. The van der Waals surface area contributed by atoms with Crippen molar-refractivity contribution in [1.82, 2.24) is 14.8 Å². The summed E-state index contributed by atoms with van der Waals surface area (Å²) in [6, 6.07) is 8.72. The number of nitrogens with zero attached hydrogens (tertiary/aromatic N) is 3. The van der Waals surface area contributed by atoms with E-state index in [-0.39, 0.29) is 5.91 Å². The summed E-state index contributed by atoms with van der Waals surface area (Å²) >= 11 is 6.05. The molecule has 7 nitrogen and oxygen atoms in total. The third kappa shape index (κ3) is 4.05. The number of piperazine rings is 1. The quantitative estimate of drug-likeness (QED) is 0.813. The number of amides is 2. The highest BCUT2D eigenvalue weighted by Crippen LogP contribution is 2.30. The zero-order chi connectivity index (χ0) is 18.5. The molecule has 1 aromatic heterocycles. The maximum Gasteiger partial charge on any atom is 0.272 e. The monoisotopic (exact) mass is 374 g/mol. The molecule has 0 atom stereocenters. The van der Waals surface area contributed by atoms with Crippen molar-refractivity contribution >= 4 is 35.3 Å². The van der Waals surface area contributed by atoms with Gasteiger partial charge in [0.15, 0.2) is 0 Å². The lowest BCUT2D eigenvalue weighted by Crippen LogP contribution is -2.48. The number of hydrogen-bond donors (Lipinski definition) is 1. The Labute approximate surface area is 156 Å². The van der Waals surface area contributed by atoms with Crippen LogP contribution in [0.2, 0.25) is 5.02 Å². The zero-order valence-electron chi connectivity index (χ0n) is 14.3. The van der Waals surface area contributed by atoms with Crippen molar-refractivity contribution in [2.75, 3.05) is 38.6 Å². The molecule has 2 aromatic rings. The first kappa shape index (κ1) is 18.0. The van der Waals surface area contributed by atoms with Crippen molar-refractivity contribution < 1.29 is 14.3 Å². The SMILES string of the molecule is COc1ccc(Cl)cc1Nc1ccnc(C(=O)N2CCN(C=O)CC2)c1. The van der Waals surface area contributed by atoms with Crippen LogP contribution in [0.3, 0.4) is 0 Å². The van der Waals surface area contributed by atoms with E-state index in [1.165, 1.54) is 0 Å². The van der Waals surface area contributed by atoms with Gasteiger partial charge in [0.25, 0.3) is 5.91 Å². The van der Waals surface area contributed by atoms with Crippen LogP contribution in [0, 0.1) is 0 Å². The Kier molecular flexibility index (Phi) is 5.58. The van der Waals surface area contributed by atoms with E-state index in [0.717, 1.165) is 6.41 Å². The van der Waals surface area contributed by atoms with Crippen LogP contribution in [0.5, 0.6) is 5.75 Å². The standard InChI is InChI=1S/C18H19ClN4O3/c1-26-17-3-2-13(19)10-15(17)21-14-4-5-20-16(11-14)18(25)23-8-6-22(12-24)7-9-23/h2-5,10-12H,6-9H2,1H3,(H,20,21). The highest BCUT2D eigenvalue weighted by atomic mass is 35.5. The van der Waals surface area contributed by atoms with Gasteiger partial charge in [-0.3, -0.25) is 14.6 Å². The summed E-state index contributed by atoms with van der Waals surface area (Å²) in [5.74, 6) is 0.487. The molecule has 0 spiro atoms. The zero-order valence-corrected chi connectivity index (χ0v) is 15.1. The van der Waals surface area contributed by atoms with Gasteiger partial charge < -0.3 is 19.9 Å². The highest BCUT2D eigenvalue weighted by Gasteiger charge is 2.22. The number of ether oxygens (including phenoxy) is 1. The van der Waals surface area contributed by atoms with Gasteiger partial charge in [0.05, 0.1) is 12.8 Å². The molecule has 1 saturated heterocycles. The molecule has 3 rings (SSSR count). The Morgan fingerprint density at radius 3 is 2.69 bits per heavy atom. The second kappa shape index (κ2) is 8.05. The maximum absolute atomic E-state index is 12.7. The van der Waals surface area contributed by atoms with Crippen LogP contribution in [-0.2, 0) is 4.79 Å². The molecule has 2 amide bonds. The lowest BCUT2D eigenvalue weighted by molar-refractivity contribution is -0.119. The number of aromatic nitrogens is 1. The molecule has 1 fully saturated rings. The third-order valence-electron chi connectivity index (χ3n) is 4.17. The van der Waals surface area contributed by atoms with Gasteiger partial charge in [-0.1, -0.05) is 11.6 Å². The molecule has 0 unspecified atom stereocenters. The van der Waals surface area contributed by atoms with Crippen molar-refractivity contribution in [3.8, 4) is 5.75 Å². The summed E-state index contributed by atoms with van der Waals surface area (Å²) in [4.78, 5) is 31.0. The highest BCUT2D eigenvalue weighted by molar-refractivity contribution is 6.31. The number of carbonyl (C=O) groups is 2. The van der Waals surface area contributed by atoms with Gasteiger partial charge in [-0.2, -0.15) is 0 Å². The van der Waals surface area contributed by atoms with Crippen LogP contribution in [0.4, 0.5) is 11.4 Å². The molecule has 0 aliphatic carbocycles. The number of anilines is 2. The van der Waals surface area contributed by atoms with Gasteiger partial charge in [0, 0.05) is 43.1 Å². The smallest absolute Gasteiger partial charge is 0.272 e. The molecule has 1 aliphatic heterocycles. The summed E-state index contributed by atoms with van der Waals surface area (Å²) in [7, 11) is 1.58. The van der Waals surface area contributed by atoms with Crippen LogP contribution in [-0.4, -0.2) is 60.4 Å². The van der Waals surface area contributed by atoms with E-state index in [1.54, 1.807) is 53.4 Å². The molecule has 1 N–H and O–H groups in total. The van der Waals surface area contributed by atoms with E-state index < -0.39 is 0 Å². The molecule has 0 radical (unpaired) electrons. The van der Waals surface area contributed by atoms with Crippen LogP contribution < -0.4 is 10.1 Å². The number of benzene rings is 1. The van der Waals surface area contributed by atoms with Gasteiger partial charge in [-0.25, -0.2) is 0 Å². The van der Waals surface area contributed by atoms with Crippen molar-refractivity contribution in [1.29, 1.82) is 0 Å². The molecule has 1 aliphatic rings. The average Bonchev–Trinajstić information content (AvgIpc) is 2.68. The minimum Gasteiger partial charge on any atom is -0.495 e. The van der Waals surface area contributed by atoms with E-state index in [0.29, 0.717) is 54.0 Å². The van der Waals surface area contributed by atoms with Crippen LogP contribution in [0.25, 0.3) is 0 Å². The Bertz CT molecular complexity index is 807. The predicted octanol–water partition coefficient (Wildman–Crippen LogP) is 2.40. The number of nitrogens with one attached hydrogen (secondary N) is 1. The number of carbonyl (C=O) groups excluding carboxylic acids is 2. The molecule has 8 heteroatoms. The number of halogens is 1. The fourth-order valence-electron chi connectivity index (χ4n) is 2.75. The number of pyridine rings is 1. The van der Waals surface area contributed by atoms with Gasteiger partial charge >= 0.3 is 0 Å². The normalized spacial score (nSPS) is 14.1. The third-order valence-corrected chi connectivity index (χ3v) is 4.41. The molecule has 2 heterocycles. The van der Waals surface area contributed by atoms with Crippen molar-refractivity contribution in [3.63, 3.8) is 0 Å². The molecular weight excluding hydrogens is 356 g/mol. The van der Waals surface area contributed by atoms with E-state index in [4.69, 9.17) is 16.3 Å². The maximum atomic E-state index is 12.7. The first-order valence-electron chi connectivity index (χ1n) is 8.16. The summed E-state index contributed by atoms with van der Waals surface area (Å²) in [6.45, 7) is 2.07. The van der Waals surface area contributed by atoms with E-state index in [9.17, 15) is 9.59 Å². The lowest BCUT2D eigenvalue weighted by atomic mass is 10.2. The van der Waals surface area contributed by atoms with Crippen molar-refractivity contribution in [3.05, 3.63) is 47.2 Å². The predicted molar refractivity (Wildman–Crippen MR) is 99.1 cm³/mol. The molecule has 1 aromatic carbocycles. The first-order chi connectivity index (χ1) is 12.6. The molecule has 0 bridgehead atoms. The number of rotatable bonds is 5. The van der Waals surface area contributed by atoms with E-state index in [1.807, 2.05) is 0 Å². The number of hydrogen-bond acceptors (Lipinski definition) is 5. The summed E-state index contributed by atoms with van der Waals surface area (Å²) in [5, 5.41) is 3.78. The summed E-state index contributed by atoms with van der Waals surface area (Å²) in [5.41, 5.74) is 1.75. The Hall–Kier alpha value is -2.80. The first-order valence-corrected chi connectivity index (χ1v) is 8.54. The molecule has 136 valence electrons. The van der Waals surface area contributed by atoms with Gasteiger partial charge in [-0.05, 0) is 30.3 Å². The Morgan fingerprint density at radius 1 is 1.23 bits per heavy atom. The van der Waals surface area contributed by atoms with Crippen LogP contribution in [0.15, 0.2) is 36.5 Å². The second-order valence-corrected chi connectivity index (χ2v) is 6.27. The Balaban J connectivity index is 1.75.